The lowest BCUT2D eigenvalue weighted by atomic mass is 9.95. The topological polar surface area (TPSA) is 161 Å². The van der Waals surface area contributed by atoms with Crippen LogP contribution in [0.3, 0.4) is 0 Å². The zero-order valence-electron chi connectivity index (χ0n) is 20.3. The number of hydrogen-bond donors (Lipinski definition) is 4. The molecule has 4 N–H and O–H groups in total. The molecule has 2 unspecified atom stereocenters. The molecule has 3 rings (SSSR count). The van der Waals surface area contributed by atoms with Gasteiger partial charge in [-0.2, -0.15) is 0 Å². The van der Waals surface area contributed by atoms with Crippen LogP contribution >= 0.6 is 0 Å². The van der Waals surface area contributed by atoms with Crippen molar-refractivity contribution in [2.45, 2.75) is 56.1 Å². The Bertz CT molecular complexity index is 892. The van der Waals surface area contributed by atoms with Crippen molar-refractivity contribution in [3.8, 4) is 0 Å². The van der Waals surface area contributed by atoms with Gasteiger partial charge in [0, 0.05) is 19.6 Å². The predicted octanol–water partition coefficient (Wildman–Crippen LogP) is -1.08. The Hall–Kier alpha value is -2.78. The van der Waals surface area contributed by atoms with Crippen LogP contribution in [0.25, 0.3) is 0 Å². The molecule has 2 aliphatic heterocycles. The minimum absolute atomic E-state index is 0.0994. The maximum atomic E-state index is 13.1. The van der Waals surface area contributed by atoms with Crippen LogP contribution in [-0.2, 0) is 38.2 Å². The first-order chi connectivity index (χ1) is 17.4. The number of ketones is 1. The van der Waals surface area contributed by atoms with Gasteiger partial charge in [0.1, 0.15) is 18.2 Å². The molecule has 4 amide bonds. The van der Waals surface area contributed by atoms with Gasteiger partial charge in [0.05, 0.1) is 25.9 Å². The SMILES string of the molecule is COCC1(NC(=O)C(=O)NC(CC2CC2)C(=O)NC(C[C@@H]2CCNC2=O)C(=O)COC(F)(F)F)COC1. The summed E-state index contributed by atoms with van der Waals surface area (Å²) >= 11 is 0. The molecule has 0 spiro atoms. The number of methoxy groups -OCH3 is 1. The summed E-state index contributed by atoms with van der Waals surface area (Å²) in [6.45, 7) is -0.623. The normalized spacial score (nSPS) is 22.3. The van der Waals surface area contributed by atoms with Crippen LogP contribution in [0.1, 0.15) is 32.1 Å². The van der Waals surface area contributed by atoms with E-state index in [-0.39, 0.29) is 44.5 Å². The lowest BCUT2D eigenvalue weighted by Crippen LogP contribution is -2.67. The Morgan fingerprint density at radius 1 is 1.08 bits per heavy atom. The van der Waals surface area contributed by atoms with Gasteiger partial charge in [-0.25, -0.2) is 0 Å². The van der Waals surface area contributed by atoms with E-state index in [0.717, 1.165) is 12.8 Å². The minimum Gasteiger partial charge on any atom is -0.382 e. The number of amides is 4. The van der Waals surface area contributed by atoms with Crippen LogP contribution in [-0.4, -0.2) is 93.5 Å². The molecule has 3 atom stereocenters. The summed E-state index contributed by atoms with van der Waals surface area (Å²) in [6.07, 6.45) is -3.19. The highest BCUT2D eigenvalue weighted by Crippen LogP contribution is 2.33. The predicted molar refractivity (Wildman–Crippen MR) is 118 cm³/mol. The third kappa shape index (κ3) is 8.64. The number of halogens is 3. The van der Waals surface area contributed by atoms with Crippen molar-refractivity contribution >= 4 is 29.4 Å². The van der Waals surface area contributed by atoms with Gasteiger partial charge >= 0.3 is 18.2 Å². The lowest BCUT2D eigenvalue weighted by molar-refractivity contribution is -0.321. The fourth-order valence-electron chi connectivity index (χ4n) is 4.21. The molecular weight excluding hydrogens is 505 g/mol. The van der Waals surface area contributed by atoms with Crippen LogP contribution < -0.4 is 21.3 Å². The first-order valence-corrected chi connectivity index (χ1v) is 11.9. The average Bonchev–Trinajstić information content (AvgIpc) is 3.54. The van der Waals surface area contributed by atoms with Gasteiger partial charge in [0.15, 0.2) is 5.78 Å². The zero-order valence-corrected chi connectivity index (χ0v) is 20.3. The second kappa shape index (κ2) is 12.2. The van der Waals surface area contributed by atoms with E-state index in [0.29, 0.717) is 13.0 Å². The maximum absolute atomic E-state index is 13.1. The molecule has 12 nitrogen and oxygen atoms in total. The number of ether oxygens (including phenoxy) is 3. The van der Waals surface area contributed by atoms with E-state index in [2.05, 4.69) is 26.0 Å². The summed E-state index contributed by atoms with van der Waals surface area (Å²) in [5, 5.41) is 9.82. The Kier molecular flexibility index (Phi) is 9.47. The van der Waals surface area contributed by atoms with Crippen molar-refractivity contribution in [1.29, 1.82) is 0 Å². The molecule has 0 radical (unpaired) electrons. The fraction of sp³-hybridized carbons (Fsp3) is 0.773. The summed E-state index contributed by atoms with van der Waals surface area (Å²) in [4.78, 5) is 62.6. The molecule has 208 valence electrons. The summed E-state index contributed by atoms with van der Waals surface area (Å²) in [7, 11) is 1.43. The highest BCUT2D eigenvalue weighted by Gasteiger charge is 2.42. The molecule has 0 bridgehead atoms. The highest BCUT2D eigenvalue weighted by molar-refractivity contribution is 6.35. The second-order valence-electron chi connectivity index (χ2n) is 9.64. The Morgan fingerprint density at radius 2 is 1.78 bits per heavy atom. The van der Waals surface area contributed by atoms with Gasteiger partial charge in [-0.1, -0.05) is 12.8 Å². The van der Waals surface area contributed by atoms with Crippen molar-refractivity contribution in [3.05, 3.63) is 0 Å². The van der Waals surface area contributed by atoms with E-state index in [1.165, 1.54) is 7.11 Å². The number of hydrogen-bond acceptors (Lipinski definition) is 8. The fourth-order valence-corrected chi connectivity index (χ4v) is 4.21. The van der Waals surface area contributed by atoms with Gasteiger partial charge in [-0.15, -0.1) is 13.2 Å². The summed E-state index contributed by atoms with van der Waals surface area (Å²) in [5.74, 6) is -5.01. The van der Waals surface area contributed by atoms with E-state index in [1.807, 2.05) is 0 Å². The molecule has 37 heavy (non-hydrogen) atoms. The molecule has 15 heteroatoms. The van der Waals surface area contributed by atoms with E-state index in [9.17, 15) is 37.1 Å². The van der Waals surface area contributed by atoms with Crippen molar-refractivity contribution in [1.82, 2.24) is 21.3 Å². The van der Waals surface area contributed by atoms with Gasteiger partial charge < -0.3 is 30.7 Å². The molecule has 1 saturated carbocycles. The average molecular weight is 537 g/mol. The van der Waals surface area contributed by atoms with E-state index >= 15 is 0 Å². The van der Waals surface area contributed by atoms with Gasteiger partial charge in [-0.3, -0.25) is 28.7 Å². The Balaban J connectivity index is 1.65. The number of alkyl halides is 3. The van der Waals surface area contributed by atoms with Crippen LogP contribution in [0, 0.1) is 11.8 Å². The largest absolute Gasteiger partial charge is 0.522 e. The number of carbonyl (C=O) groups excluding carboxylic acids is 5. The van der Waals surface area contributed by atoms with Gasteiger partial charge in [-0.05, 0) is 25.2 Å². The van der Waals surface area contributed by atoms with Crippen LogP contribution in [0.15, 0.2) is 0 Å². The first kappa shape index (κ1) is 28.8. The molecule has 0 aromatic heterocycles. The first-order valence-electron chi connectivity index (χ1n) is 11.9. The number of rotatable bonds is 13. The molecule has 0 aromatic rings. The molecule has 2 saturated heterocycles. The molecule has 1 aliphatic carbocycles. The molecular formula is C22H31F3N4O8. The zero-order chi connectivity index (χ0) is 27.2. The molecule has 2 heterocycles. The Labute approximate surface area is 210 Å². The van der Waals surface area contributed by atoms with Crippen molar-refractivity contribution < 1.29 is 51.4 Å². The maximum Gasteiger partial charge on any atom is 0.522 e. The highest BCUT2D eigenvalue weighted by atomic mass is 19.4. The minimum atomic E-state index is -5.06. The number of carbonyl (C=O) groups is 5. The van der Waals surface area contributed by atoms with Crippen molar-refractivity contribution in [3.63, 3.8) is 0 Å². The molecule has 3 aliphatic rings. The van der Waals surface area contributed by atoms with E-state index in [1.54, 1.807) is 0 Å². The standard InChI is InChI=1S/C22H31F3N4O8/c1-35-9-21(10-36-11-21)29-20(34)19(33)28-15(6-12-2-3-12)18(32)27-14(7-13-4-5-26-17(13)31)16(30)8-37-22(23,24)25/h12-15H,2-11H2,1H3,(H,26,31)(H,27,32)(H,28,33)(H,29,34)/t13-,14?,15?/m0/s1. The van der Waals surface area contributed by atoms with Crippen LogP contribution in [0.2, 0.25) is 0 Å². The number of Topliss-reactive ketones (excluding diaryl/α,β-unsaturated/α-hetero) is 1. The molecule has 0 aromatic carbocycles. The summed E-state index contributed by atoms with van der Waals surface area (Å²) in [5.41, 5.74) is -0.866. The van der Waals surface area contributed by atoms with Crippen molar-refractivity contribution in [2.75, 3.05) is 40.1 Å². The monoisotopic (exact) mass is 536 g/mol. The van der Waals surface area contributed by atoms with Gasteiger partial charge in [0.2, 0.25) is 11.8 Å². The van der Waals surface area contributed by atoms with Crippen LogP contribution in [0.5, 0.6) is 0 Å². The molecule has 3 fully saturated rings. The van der Waals surface area contributed by atoms with Crippen molar-refractivity contribution in [2.24, 2.45) is 11.8 Å². The lowest BCUT2D eigenvalue weighted by Gasteiger charge is -2.41. The van der Waals surface area contributed by atoms with E-state index in [4.69, 9.17) is 9.47 Å². The Morgan fingerprint density at radius 3 is 2.30 bits per heavy atom. The van der Waals surface area contributed by atoms with Gasteiger partial charge in [0.25, 0.3) is 0 Å². The summed E-state index contributed by atoms with van der Waals surface area (Å²) < 4.78 is 51.2. The quantitative estimate of drug-likeness (QED) is 0.216. The smallest absolute Gasteiger partial charge is 0.382 e. The number of nitrogens with one attached hydrogen (secondary N) is 4. The third-order valence-corrected chi connectivity index (χ3v) is 6.42. The second-order valence-corrected chi connectivity index (χ2v) is 9.64. The summed E-state index contributed by atoms with van der Waals surface area (Å²) in [6, 6.07) is -2.69. The third-order valence-electron chi connectivity index (χ3n) is 6.42. The van der Waals surface area contributed by atoms with Crippen LogP contribution in [0.4, 0.5) is 13.2 Å². The van der Waals surface area contributed by atoms with E-state index < -0.39 is 60.0 Å².